The van der Waals surface area contributed by atoms with E-state index in [-0.39, 0.29) is 6.42 Å². The summed E-state index contributed by atoms with van der Waals surface area (Å²) in [4.78, 5) is 21.2. The lowest BCUT2D eigenvalue weighted by atomic mass is 10.4. The third-order valence-corrected chi connectivity index (χ3v) is 1.79. The minimum Gasteiger partial charge on any atom is -0.478 e. The summed E-state index contributed by atoms with van der Waals surface area (Å²) in [6, 6.07) is 0. The van der Waals surface area contributed by atoms with Gasteiger partial charge in [0.2, 0.25) is 6.10 Å². The molecule has 0 aromatic carbocycles. The Morgan fingerprint density at radius 3 is 2.50 bits per heavy atom. The minimum atomic E-state index is -1.09. The van der Waals surface area contributed by atoms with Gasteiger partial charge in [0.25, 0.3) is 0 Å². The zero-order chi connectivity index (χ0) is 9.56. The zero-order valence-corrected chi connectivity index (χ0v) is 7.89. The largest absolute Gasteiger partial charge is 0.478 e. The molecule has 5 heteroatoms. The van der Waals surface area contributed by atoms with E-state index in [4.69, 9.17) is 5.11 Å². The first-order valence-corrected chi connectivity index (χ1v) is 4.92. The fourth-order valence-corrected chi connectivity index (χ4v) is 1.06. The third kappa shape index (κ3) is 4.23. The van der Waals surface area contributed by atoms with Gasteiger partial charge in [0.1, 0.15) is 0 Å². The molecule has 0 aromatic rings. The number of ether oxygens (including phenoxy) is 1. The summed E-state index contributed by atoms with van der Waals surface area (Å²) in [7, 11) is 0. The average molecular weight is 192 g/mol. The van der Waals surface area contributed by atoms with E-state index in [1.807, 2.05) is 0 Å². The van der Waals surface area contributed by atoms with Crippen molar-refractivity contribution in [2.45, 2.75) is 19.4 Å². The number of thioether (sulfide) groups is 1. The van der Waals surface area contributed by atoms with Gasteiger partial charge in [-0.25, -0.2) is 4.79 Å². The third-order valence-electron chi connectivity index (χ3n) is 1.16. The van der Waals surface area contributed by atoms with Gasteiger partial charge >= 0.3 is 11.9 Å². The van der Waals surface area contributed by atoms with Crippen LogP contribution in [0.4, 0.5) is 0 Å². The van der Waals surface area contributed by atoms with E-state index in [0.717, 1.165) is 0 Å². The maximum atomic E-state index is 10.7. The Labute approximate surface area is 75.3 Å². The number of aliphatic carboxylic acids is 1. The summed E-state index contributed by atoms with van der Waals surface area (Å²) in [6.45, 7) is 1.63. The van der Waals surface area contributed by atoms with Crippen LogP contribution >= 0.6 is 11.8 Å². The second-order valence-electron chi connectivity index (χ2n) is 2.13. The van der Waals surface area contributed by atoms with E-state index in [0.29, 0.717) is 5.75 Å². The van der Waals surface area contributed by atoms with Gasteiger partial charge in [-0.1, -0.05) is 6.92 Å². The number of esters is 1. The lowest BCUT2D eigenvalue weighted by molar-refractivity contribution is -0.162. The van der Waals surface area contributed by atoms with E-state index in [9.17, 15) is 9.59 Å². The van der Waals surface area contributed by atoms with E-state index in [1.54, 1.807) is 13.2 Å². The summed E-state index contributed by atoms with van der Waals surface area (Å²) in [5.41, 5.74) is 0. The fraction of sp³-hybridized carbons (Fsp3) is 0.714. The molecule has 0 aromatic heterocycles. The summed E-state index contributed by atoms with van der Waals surface area (Å²) in [5, 5.41) is 8.56. The van der Waals surface area contributed by atoms with Crippen molar-refractivity contribution in [3.05, 3.63) is 0 Å². The Kier molecular flexibility index (Phi) is 5.53. The molecule has 0 heterocycles. The number of hydrogen-bond acceptors (Lipinski definition) is 4. The molecular formula is C7H12O4S. The molecule has 0 rings (SSSR count). The SMILES string of the molecule is CCC(=O)OC(CSC)C(=O)O. The molecule has 1 N–H and O–H groups in total. The summed E-state index contributed by atoms with van der Waals surface area (Å²) >= 11 is 1.33. The molecular weight excluding hydrogens is 180 g/mol. The fourth-order valence-electron chi connectivity index (χ4n) is 0.549. The predicted molar refractivity (Wildman–Crippen MR) is 46.2 cm³/mol. The summed E-state index contributed by atoms with van der Waals surface area (Å²) in [6.07, 6.45) is 0.959. The van der Waals surface area contributed by atoms with Gasteiger partial charge in [-0.05, 0) is 6.26 Å². The number of hydrogen-bond donors (Lipinski definition) is 1. The minimum absolute atomic E-state index is 0.207. The topological polar surface area (TPSA) is 63.6 Å². The van der Waals surface area contributed by atoms with Gasteiger partial charge in [-0.2, -0.15) is 11.8 Å². The maximum Gasteiger partial charge on any atom is 0.345 e. The normalized spacial score (nSPS) is 12.2. The van der Waals surface area contributed by atoms with Crippen LogP contribution in [0.15, 0.2) is 0 Å². The zero-order valence-electron chi connectivity index (χ0n) is 7.07. The lowest BCUT2D eigenvalue weighted by Gasteiger charge is -2.10. The maximum absolute atomic E-state index is 10.7. The van der Waals surface area contributed by atoms with Crippen molar-refractivity contribution in [1.29, 1.82) is 0 Å². The van der Waals surface area contributed by atoms with Gasteiger partial charge in [0.05, 0.1) is 0 Å². The van der Waals surface area contributed by atoms with Gasteiger partial charge in [-0.15, -0.1) is 0 Å². The highest BCUT2D eigenvalue weighted by molar-refractivity contribution is 7.98. The molecule has 0 fully saturated rings. The molecule has 0 saturated carbocycles. The molecule has 4 nitrogen and oxygen atoms in total. The van der Waals surface area contributed by atoms with Crippen LogP contribution < -0.4 is 0 Å². The van der Waals surface area contributed by atoms with Crippen molar-refractivity contribution in [2.75, 3.05) is 12.0 Å². The summed E-state index contributed by atoms with van der Waals surface area (Å²) < 4.78 is 4.64. The second kappa shape index (κ2) is 5.88. The summed E-state index contributed by atoms with van der Waals surface area (Å²) in [5.74, 6) is -1.27. The number of carbonyl (C=O) groups excluding carboxylic acids is 1. The van der Waals surface area contributed by atoms with E-state index in [2.05, 4.69) is 4.74 Å². The number of carboxylic acid groups (broad SMARTS) is 1. The Bertz CT molecular complexity index is 167. The monoisotopic (exact) mass is 192 g/mol. The first-order valence-electron chi connectivity index (χ1n) is 3.53. The Morgan fingerprint density at radius 1 is 1.58 bits per heavy atom. The standard InChI is InChI=1S/C7H12O4S/c1-3-6(8)11-5(4-12-2)7(9)10/h5H,3-4H2,1-2H3,(H,9,10). The number of carboxylic acids is 1. The van der Waals surface area contributed by atoms with Gasteiger partial charge < -0.3 is 9.84 Å². The molecule has 1 atom stereocenters. The highest BCUT2D eigenvalue weighted by atomic mass is 32.2. The average Bonchev–Trinajstić information content (AvgIpc) is 2.03. The molecule has 70 valence electrons. The Balaban J connectivity index is 3.95. The van der Waals surface area contributed by atoms with Crippen LogP contribution in [0.25, 0.3) is 0 Å². The smallest absolute Gasteiger partial charge is 0.345 e. The van der Waals surface area contributed by atoms with Gasteiger partial charge in [0, 0.05) is 12.2 Å². The van der Waals surface area contributed by atoms with Crippen LogP contribution in [0.1, 0.15) is 13.3 Å². The first-order chi connectivity index (χ1) is 5.61. The van der Waals surface area contributed by atoms with Crippen LogP contribution in [-0.2, 0) is 14.3 Å². The molecule has 0 aliphatic heterocycles. The van der Waals surface area contributed by atoms with Gasteiger partial charge in [0.15, 0.2) is 0 Å². The number of rotatable bonds is 5. The Morgan fingerprint density at radius 2 is 2.17 bits per heavy atom. The molecule has 0 radical (unpaired) electrons. The molecule has 1 unspecified atom stereocenters. The molecule has 0 spiro atoms. The number of carbonyl (C=O) groups is 2. The molecule has 0 amide bonds. The molecule has 0 aliphatic rings. The Hall–Kier alpha value is -0.710. The van der Waals surface area contributed by atoms with E-state index < -0.39 is 18.0 Å². The molecule has 0 saturated heterocycles. The molecule has 12 heavy (non-hydrogen) atoms. The van der Waals surface area contributed by atoms with Crippen LogP contribution in [0.3, 0.4) is 0 Å². The second-order valence-corrected chi connectivity index (χ2v) is 3.04. The lowest BCUT2D eigenvalue weighted by Crippen LogP contribution is -2.28. The van der Waals surface area contributed by atoms with Crippen LogP contribution in [0.5, 0.6) is 0 Å². The van der Waals surface area contributed by atoms with Crippen molar-refractivity contribution in [1.82, 2.24) is 0 Å². The van der Waals surface area contributed by atoms with Crippen molar-refractivity contribution < 1.29 is 19.4 Å². The van der Waals surface area contributed by atoms with E-state index in [1.165, 1.54) is 11.8 Å². The van der Waals surface area contributed by atoms with Crippen LogP contribution in [0, 0.1) is 0 Å². The van der Waals surface area contributed by atoms with Gasteiger partial charge in [-0.3, -0.25) is 4.79 Å². The van der Waals surface area contributed by atoms with Crippen molar-refractivity contribution in [3.8, 4) is 0 Å². The quantitative estimate of drug-likeness (QED) is 0.651. The van der Waals surface area contributed by atoms with E-state index >= 15 is 0 Å². The van der Waals surface area contributed by atoms with Crippen molar-refractivity contribution >= 4 is 23.7 Å². The van der Waals surface area contributed by atoms with Crippen LogP contribution in [0.2, 0.25) is 0 Å². The van der Waals surface area contributed by atoms with Crippen molar-refractivity contribution in [3.63, 3.8) is 0 Å². The highest BCUT2D eigenvalue weighted by Crippen LogP contribution is 2.03. The molecule has 0 aliphatic carbocycles. The van der Waals surface area contributed by atoms with Crippen LogP contribution in [-0.4, -0.2) is 35.2 Å². The predicted octanol–water partition coefficient (Wildman–Crippen LogP) is 0.756. The highest BCUT2D eigenvalue weighted by Gasteiger charge is 2.20. The first kappa shape index (κ1) is 11.3. The van der Waals surface area contributed by atoms with Crippen molar-refractivity contribution in [2.24, 2.45) is 0 Å². The molecule has 0 bridgehead atoms.